The second-order valence-corrected chi connectivity index (χ2v) is 12.0. The minimum absolute atomic E-state index is 0.303. The van der Waals surface area contributed by atoms with Crippen LogP contribution in [0.4, 0.5) is 0 Å². The van der Waals surface area contributed by atoms with Gasteiger partial charge >= 0.3 is 0 Å². The Kier molecular flexibility index (Phi) is 7.97. The molecule has 4 rings (SSSR count). The molecule has 4 heteroatoms. The van der Waals surface area contributed by atoms with E-state index in [1.165, 1.54) is 44.1 Å². The second-order valence-electron chi connectivity index (χ2n) is 11.1. The summed E-state index contributed by atoms with van der Waals surface area (Å²) in [6.07, 6.45) is 15.0. The van der Waals surface area contributed by atoms with Gasteiger partial charge in [-0.2, -0.15) is 0 Å². The van der Waals surface area contributed by atoms with E-state index in [1.807, 2.05) is 17.5 Å². The summed E-state index contributed by atoms with van der Waals surface area (Å²) in [5.41, 5.74) is 3.19. The Morgan fingerprint density at radius 3 is 2.66 bits per heavy atom. The average Bonchev–Trinajstić information content (AvgIpc) is 3.39. The summed E-state index contributed by atoms with van der Waals surface area (Å²) < 4.78 is 0. The van der Waals surface area contributed by atoms with Gasteiger partial charge in [0.2, 0.25) is 0 Å². The van der Waals surface area contributed by atoms with Crippen LogP contribution in [-0.4, -0.2) is 27.5 Å². The first-order valence-corrected chi connectivity index (χ1v) is 13.7. The third kappa shape index (κ3) is 5.41. The normalized spacial score (nSPS) is 36.2. The Balaban J connectivity index is 1.36. The molecule has 0 unspecified atom stereocenters. The Morgan fingerprint density at radius 2 is 1.94 bits per heavy atom. The lowest BCUT2D eigenvalue weighted by molar-refractivity contribution is 0.0609. The van der Waals surface area contributed by atoms with Crippen molar-refractivity contribution in [2.24, 2.45) is 23.2 Å². The third-order valence-corrected chi connectivity index (χ3v) is 9.78. The van der Waals surface area contributed by atoms with Crippen molar-refractivity contribution in [1.82, 2.24) is 0 Å². The molecule has 3 nitrogen and oxygen atoms in total. The van der Waals surface area contributed by atoms with E-state index in [4.69, 9.17) is 0 Å². The van der Waals surface area contributed by atoms with Crippen LogP contribution in [0.5, 0.6) is 0 Å². The molecule has 3 fully saturated rings. The van der Waals surface area contributed by atoms with Gasteiger partial charge in [-0.1, -0.05) is 56.1 Å². The molecule has 0 aromatic carbocycles. The quantitative estimate of drug-likeness (QED) is 0.433. The first kappa shape index (κ1) is 24.2. The van der Waals surface area contributed by atoms with Crippen LogP contribution >= 0.6 is 11.3 Å². The second kappa shape index (κ2) is 10.5. The van der Waals surface area contributed by atoms with Crippen molar-refractivity contribution in [2.45, 2.75) is 103 Å². The van der Waals surface area contributed by atoms with E-state index in [2.05, 4.69) is 26.0 Å². The van der Waals surface area contributed by atoms with Crippen molar-refractivity contribution in [1.29, 1.82) is 0 Å². The summed E-state index contributed by atoms with van der Waals surface area (Å²) in [7, 11) is 0. The molecule has 3 saturated carbocycles. The number of aliphatic hydroxyl groups is 3. The van der Waals surface area contributed by atoms with Gasteiger partial charge in [-0.05, 0) is 92.4 Å². The minimum Gasteiger partial charge on any atom is -0.393 e. The van der Waals surface area contributed by atoms with Gasteiger partial charge in [0.05, 0.1) is 18.3 Å². The molecule has 1 aromatic heterocycles. The Morgan fingerprint density at radius 1 is 1.16 bits per heavy atom. The third-order valence-electron chi connectivity index (χ3n) is 8.81. The maximum atomic E-state index is 10.4. The molecule has 3 aliphatic carbocycles. The Labute approximate surface area is 198 Å². The largest absolute Gasteiger partial charge is 0.393 e. The maximum Gasteiger partial charge on any atom is 0.0882 e. The Hall–Kier alpha value is -0.940. The fourth-order valence-corrected chi connectivity index (χ4v) is 7.95. The van der Waals surface area contributed by atoms with Gasteiger partial charge in [0, 0.05) is 4.88 Å². The maximum absolute atomic E-state index is 10.4. The first-order valence-electron chi connectivity index (χ1n) is 12.8. The fraction of sp³-hybridized carbons (Fsp3) is 0.714. The zero-order valence-electron chi connectivity index (χ0n) is 19.9. The summed E-state index contributed by atoms with van der Waals surface area (Å²) in [6.45, 7) is 4.99. The molecule has 7 atom stereocenters. The van der Waals surface area contributed by atoms with E-state index in [0.29, 0.717) is 36.5 Å². The molecular weight excluding hydrogens is 416 g/mol. The lowest BCUT2D eigenvalue weighted by atomic mass is 9.60. The van der Waals surface area contributed by atoms with Crippen LogP contribution in [0, 0.1) is 23.2 Å². The van der Waals surface area contributed by atoms with Crippen LogP contribution in [-0.2, 0) is 0 Å². The van der Waals surface area contributed by atoms with Crippen LogP contribution in [0.3, 0.4) is 0 Å². The highest BCUT2D eigenvalue weighted by Gasteiger charge is 2.50. The topological polar surface area (TPSA) is 60.7 Å². The van der Waals surface area contributed by atoms with Crippen molar-refractivity contribution in [2.75, 3.05) is 0 Å². The van der Waals surface area contributed by atoms with Gasteiger partial charge < -0.3 is 15.3 Å². The molecule has 32 heavy (non-hydrogen) atoms. The molecule has 0 aliphatic heterocycles. The van der Waals surface area contributed by atoms with Crippen molar-refractivity contribution in [3.05, 3.63) is 45.7 Å². The molecule has 0 bridgehead atoms. The number of aliphatic hydroxyl groups excluding tert-OH is 3. The highest BCUT2D eigenvalue weighted by Crippen LogP contribution is 2.60. The van der Waals surface area contributed by atoms with Gasteiger partial charge in [0.1, 0.15) is 0 Å². The Bertz CT molecular complexity index is 786. The predicted octanol–water partition coefficient (Wildman–Crippen LogP) is 6.56. The van der Waals surface area contributed by atoms with E-state index in [-0.39, 0.29) is 6.10 Å². The number of hydrogen-bond donors (Lipinski definition) is 3. The smallest absolute Gasteiger partial charge is 0.0882 e. The van der Waals surface area contributed by atoms with Crippen LogP contribution < -0.4 is 0 Å². The number of fused-ring (bicyclic) bond motifs is 1. The number of rotatable bonds is 7. The summed E-state index contributed by atoms with van der Waals surface area (Å²) >= 11 is 1.66. The fourth-order valence-electron chi connectivity index (χ4n) is 7.20. The highest BCUT2D eigenvalue weighted by molar-refractivity contribution is 7.10. The van der Waals surface area contributed by atoms with Crippen LogP contribution in [0.15, 0.2) is 40.8 Å². The van der Waals surface area contributed by atoms with E-state index in [9.17, 15) is 15.3 Å². The molecular formula is C28H42O3S. The first-order chi connectivity index (χ1) is 15.4. The lowest BCUT2D eigenvalue weighted by Gasteiger charge is -2.44. The number of thiophene rings is 1. The lowest BCUT2D eigenvalue weighted by Crippen LogP contribution is -2.36. The van der Waals surface area contributed by atoms with Gasteiger partial charge in [-0.15, -0.1) is 11.3 Å². The average molecular weight is 459 g/mol. The van der Waals surface area contributed by atoms with E-state index in [0.717, 1.165) is 23.6 Å². The molecule has 3 aliphatic rings. The zero-order chi connectivity index (χ0) is 22.7. The molecule has 0 spiro atoms. The van der Waals surface area contributed by atoms with Gasteiger partial charge in [-0.3, -0.25) is 0 Å². The van der Waals surface area contributed by atoms with Crippen LogP contribution in [0.2, 0.25) is 0 Å². The molecule has 0 amide bonds. The zero-order valence-corrected chi connectivity index (χ0v) is 20.7. The summed E-state index contributed by atoms with van der Waals surface area (Å²) in [4.78, 5) is 1.10. The highest BCUT2D eigenvalue weighted by atomic mass is 32.1. The molecule has 0 saturated heterocycles. The van der Waals surface area contributed by atoms with E-state index in [1.54, 1.807) is 16.9 Å². The van der Waals surface area contributed by atoms with Gasteiger partial charge in [-0.25, -0.2) is 0 Å². The summed E-state index contributed by atoms with van der Waals surface area (Å²) in [5.74, 6) is 2.14. The predicted molar refractivity (Wildman–Crippen MR) is 132 cm³/mol. The molecule has 1 aromatic rings. The number of allylic oxidation sites excluding steroid dienone is 3. The SMILES string of the molecule is C[C@H](CCC[C@H](O)c1cccs1)[C@H]1CC[C@H]2/C(=C/C=C3C[C@@H](O)C[C@H](O)C3)CCC[C@]12C. The van der Waals surface area contributed by atoms with Crippen LogP contribution in [0.25, 0.3) is 0 Å². The van der Waals surface area contributed by atoms with Crippen molar-refractivity contribution in [3.8, 4) is 0 Å². The van der Waals surface area contributed by atoms with E-state index >= 15 is 0 Å². The van der Waals surface area contributed by atoms with Crippen LogP contribution in [0.1, 0.15) is 95.5 Å². The molecule has 1 heterocycles. The van der Waals surface area contributed by atoms with Crippen molar-refractivity contribution < 1.29 is 15.3 Å². The number of hydrogen-bond acceptors (Lipinski definition) is 4. The van der Waals surface area contributed by atoms with Crippen molar-refractivity contribution in [3.63, 3.8) is 0 Å². The summed E-state index contributed by atoms with van der Waals surface area (Å²) in [6, 6.07) is 4.06. The standard InChI is InChI=1S/C28H42O3S/c1-19(6-3-8-26(31)27-9-5-15-32-27)24-12-13-25-21(7-4-14-28(24,25)2)11-10-20-16-22(29)18-23(30)17-20/h5,9-11,15,19,22-26,29-31H,3-4,6-8,12-14,16-18H2,1-2H3/b21-11+/t19-,22-,23-,24-,25+,26+,28-/m1/s1. The van der Waals surface area contributed by atoms with Gasteiger partial charge in [0.15, 0.2) is 0 Å². The summed E-state index contributed by atoms with van der Waals surface area (Å²) in [5, 5.41) is 32.5. The molecule has 3 N–H and O–H groups in total. The van der Waals surface area contributed by atoms with Crippen molar-refractivity contribution >= 4 is 11.3 Å². The van der Waals surface area contributed by atoms with E-state index < -0.39 is 12.2 Å². The minimum atomic E-state index is -0.393. The molecule has 0 radical (unpaired) electrons. The molecule has 178 valence electrons. The monoisotopic (exact) mass is 458 g/mol. The van der Waals surface area contributed by atoms with Gasteiger partial charge in [0.25, 0.3) is 0 Å².